The van der Waals surface area contributed by atoms with E-state index in [1.54, 1.807) is 6.07 Å². The van der Waals surface area contributed by atoms with Crippen molar-refractivity contribution in [3.05, 3.63) is 18.0 Å². The molecule has 1 rings (SSSR count). The Bertz CT molecular complexity index is 342. The van der Waals surface area contributed by atoms with Gasteiger partial charge in [0.1, 0.15) is 0 Å². The van der Waals surface area contributed by atoms with E-state index < -0.39 is 5.60 Å². The van der Waals surface area contributed by atoms with Crippen LogP contribution in [0.5, 0.6) is 6.01 Å². The maximum atomic E-state index is 9.63. The fourth-order valence-corrected chi connectivity index (χ4v) is 0.784. The third-order valence-electron chi connectivity index (χ3n) is 1.60. The lowest BCUT2D eigenvalue weighted by atomic mass is 10.0. The summed E-state index contributed by atoms with van der Waals surface area (Å²) in [6, 6.07) is 1.73. The van der Waals surface area contributed by atoms with E-state index in [1.165, 1.54) is 20.2 Å². The molecule has 0 unspecified atom stereocenters. The Morgan fingerprint density at radius 3 is 2.92 bits per heavy atom. The van der Waals surface area contributed by atoms with Crippen LogP contribution in [0.1, 0.15) is 12.6 Å². The summed E-state index contributed by atoms with van der Waals surface area (Å²) >= 11 is 0. The SMILES string of the molecule is C#C[C@](C)(O)c1ccnc(OC)n1. The van der Waals surface area contributed by atoms with E-state index in [0.29, 0.717) is 5.69 Å². The number of nitrogens with zero attached hydrogens (tertiary/aromatic N) is 2. The Kier molecular flexibility index (Phi) is 2.49. The predicted molar refractivity (Wildman–Crippen MR) is 47.0 cm³/mol. The molecule has 4 nitrogen and oxygen atoms in total. The first-order chi connectivity index (χ1) is 6.10. The zero-order valence-corrected chi connectivity index (χ0v) is 7.48. The van der Waals surface area contributed by atoms with Crippen molar-refractivity contribution in [1.82, 2.24) is 9.97 Å². The second-order valence-electron chi connectivity index (χ2n) is 2.65. The van der Waals surface area contributed by atoms with Gasteiger partial charge in [0.25, 0.3) is 0 Å². The van der Waals surface area contributed by atoms with Gasteiger partial charge in [-0.05, 0) is 13.0 Å². The Hall–Kier alpha value is -1.60. The third kappa shape index (κ3) is 1.95. The van der Waals surface area contributed by atoms with Crippen LogP contribution in [0.4, 0.5) is 0 Å². The van der Waals surface area contributed by atoms with Crippen LogP contribution in [0.2, 0.25) is 0 Å². The molecular weight excluding hydrogens is 168 g/mol. The molecule has 1 N–H and O–H groups in total. The van der Waals surface area contributed by atoms with Crippen LogP contribution >= 0.6 is 0 Å². The molecule has 1 heterocycles. The average molecular weight is 178 g/mol. The first-order valence-corrected chi connectivity index (χ1v) is 3.68. The highest BCUT2D eigenvalue weighted by Gasteiger charge is 2.21. The highest BCUT2D eigenvalue weighted by molar-refractivity contribution is 5.22. The summed E-state index contributed by atoms with van der Waals surface area (Å²) in [7, 11) is 1.45. The predicted octanol–water partition coefficient (Wildman–Crippen LogP) is 0.326. The van der Waals surface area contributed by atoms with Crippen LogP contribution < -0.4 is 4.74 Å². The summed E-state index contributed by atoms with van der Waals surface area (Å²) in [6.45, 7) is 1.48. The van der Waals surface area contributed by atoms with Crippen molar-refractivity contribution >= 4 is 0 Å². The largest absolute Gasteiger partial charge is 0.467 e. The number of hydrogen-bond donors (Lipinski definition) is 1. The summed E-state index contributed by atoms with van der Waals surface area (Å²) in [5.74, 6) is 2.22. The molecule has 0 fully saturated rings. The molecule has 0 amide bonds. The van der Waals surface area contributed by atoms with Crippen LogP contribution in [0.15, 0.2) is 12.3 Å². The number of hydrogen-bond acceptors (Lipinski definition) is 4. The fraction of sp³-hybridized carbons (Fsp3) is 0.333. The fourth-order valence-electron chi connectivity index (χ4n) is 0.784. The standard InChI is InChI=1S/C9H10N2O2/c1-4-9(2,12)7-5-6-10-8(11-7)13-3/h1,5-6,12H,2-3H3/t9-/m0/s1. The van der Waals surface area contributed by atoms with Crippen molar-refractivity contribution < 1.29 is 9.84 Å². The van der Waals surface area contributed by atoms with Crippen molar-refractivity contribution in [3.8, 4) is 18.4 Å². The van der Waals surface area contributed by atoms with Gasteiger partial charge in [-0.2, -0.15) is 4.98 Å². The van der Waals surface area contributed by atoms with Crippen molar-refractivity contribution in [1.29, 1.82) is 0 Å². The first-order valence-electron chi connectivity index (χ1n) is 3.68. The topological polar surface area (TPSA) is 55.2 Å². The Labute approximate surface area is 76.6 Å². The highest BCUT2D eigenvalue weighted by Crippen LogP contribution is 2.17. The van der Waals surface area contributed by atoms with E-state index in [9.17, 15) is 5.11 Å². The van der Waals surface area contributed by atoms with Crippen LogP contribution in [0.3, 0.4) is 0 Å². The zero-order chi connectivity index (χ0) is 9.90. The molecule has 1 aromatic rings. The van der Waals surface area contributed by atoms with Gasteiger partial charge in [0.05, 0.1) is 12.8 Å². The van der Waals surface area contributed by atoms with Crippen molar-refractivity contribution in [2.24, 2.45) is 0 Å². The second kappa shape index (κ2) is 3.42. The number of methoxy groups -OCH3 is 1. The quantitative estimate of drug-likeness (QED) is 0.663. The molecule has 0 aliphatic rings. The maximum Gasteiger partial charge on any atom is 0.316 e. The van der Waals surface area contributed by atoms with Crippen molar-refractivity contribution in [3.63, 3.8) is 0 Å². The third-order valence-corrected chi connectivity index (χ3v) is 1.60. The van der Waals surface area contributed by atoms with Gasteiger partial charge in [0, 0.05) is 6.20 Å². The van der Waals surface area contributed by atoms with Gasteiger partial charge in [0.15, 0.2) is 5.60 Å². The van der Waals surface area contributed by atoms with Crippen LogP contribution in [0, 0.1) is 12.3 Å². The minimum Gasteiger partial charge on any atom is -0.467 e. The Balaban J connectivity index is 3.10. The molecule has 0 spiro atoms. The molecule has 1 atom stereocenters. The van der Waals surface area contributed by atoms with E-state index in [2.05, 4.69) is 15.9 Å². The maximum absolute atomic E-state index is 9.63. The number of rotatable bonds is 2. The van der Waals surface area contributed by atoms with Gasteiger partial charge < -0.3 is 9.84 Å². The lowest BCUT2D eigenvalue weighted by Crippen LogP contribution is -2.20. The first kappa shape index (κ1) is 9.49. The van der Waals surface area contributed by atoms with E-state index in [1.807, 2.05) is 0 Å². The van der Waals surface area contributed by atoms with Crippen LogP contribution in [-0.4, -0.2) is 22.2 Å². The molecule has 1 aromatic heterocycles. The summed E-state index contributed by atoms with van der Waals surface area (Å²) in [5, 5.41) is 9.63. The minimum absolute atomic E-state index is 0.188. The zero-order valence-electron chi connectivity index (χ0n) is 7.48. The summed E-state index contributed by atoms with van der Waals surface area (Å²) < 4.78 is 4.79. The number of aliphatic hydroxyl groups is 1. The molecule has 13 heavy (non-hydrogen) atoms. The lowest BCUT2D eigenvalue weighted by Gasteiger charge is -2.14. The lowest BCUT2D eigenvalue weighted by molar-refractivity contribution is 0.116. The van der Waals surface area contributed by atoms with E-state index in [0.717, 1.165) is 0 Å². The highest BCUT2D eigenvalue weighted by atomic mass is 16.5. The number of ether oxygens (including phenoxy) is 1. The molecule has 4 heteroatoms. The summed E-state index contributed by atoms with van der Waals surface area (Å²) in [6.07, 6.45) is 6.61. The van der Waals surface area contributed by atoms with Gasteiger partial charge in [-0.3, -0.25) is 0 Å². The smallest absolute Gasteiger partial charge is 0.316 e. The monoisotopic (exact) mass is 178 g/mol. The van der Waals surface area contributed by atoms with E-state index in [4.69, 9.17) is 11.2 Å². The Morgan fingerprint density at radius 1 is 1.69 bits per heavy atom. The molecule has 0 aliphatic heterocycles. The normalized spacial score (nSPS) is 14.3. The van der Waals surface area contributed by atoms with Gasteiger partial charge in [-0.15, -0.1) is 6.42 Å². The second-order valence-corrected chi connectivity index (χ2v) is 2.65. The van der Waals surface area contributed by atoms with Gasteiger partial charge in [0.2, 0.25) is 0 Å². The van der Waals surface area contributed by atoms with Gasteiger partial charge in [-0.1, -0.05) is 5.92 Å². The molecule has 0 saturated carbocycles. The van der Waals surface area contributed by atoms with Crippen molar-refractivity contribution in [2.75, 3.05) is 7.11 Å². The molecule has 68 valence electrons. The molecule has 0 saturated heterocycles. The van der Waals surface area contributed by atoms with Crippen LogP contribution in [-0.2, 0) is 5.60 Å². The molecule has 0 bridgehead atoms. The summed E-state index contributed by atoms with van der Waals surface area (Å²) in [5.41, 5.74) is -1.03. The molecular formula is C9H10N2O2. The van der Waals surface area contributed by atoms with E-state index >= 15 is 0 Å². The Morgan fingerprint density at radius 2 is 2.38 bits per heavy atom. The van der Waals surface area contributed by atoms with E-state index in [-0.39, 0.29) is 6.01 Å². The van der Waals surface area contributed by atoms with Gasteiger partial charge in [-0.25, -0.2) is 4.98 Å². The molecule has 0 aromatic carbocycles. The minimum atomic E-state index is -1.38. The summed E-state index contributed by atoms with van der Waals surface area (Å²) in [4.78, 5) is 7.70. The average Bonchev–Trinajstić information content (AvgIpc) is 2.18. The van der Waals surface area contributed by atoms with Crippen LogP contribution in [0.25, 0.3) is 0 Å². The number of aromatic nitrogens is 2. The number of terminal acetylenes is 1. The van der Waals surface area contributed by atoms with Crippen molar-refractivity contribution in [2.45, 2.75) is 12.5 Å². The molecule has 0 aliphatic carbocycles. The molecule has 0 radical (unpaired) electrons. The van der Waals surface area contributed by atoms with Gasteiger partial charge >= 0.3 is 6.01 Å².